The summed E-state index contributed by atoms with van der Waals surface area (Å²) in [5, 5.41) is 7.53. The Kier molecular flexibility index (Phi) is 7.52. The lowest BCUT2D eigenvalue weighted by molar-refractivity contribution is 0.142. The molecule has 7 nitrogen and oxygen atoms in total. The number of hydrogen-bond acceptors (Lipinski definition) is 5. The van der Waals surface area contributed by atoms with E-state index < -0.39 is 0 Å². The Morgan fingerprint density at radius 1 is 1.30 bits per heavy atom. The summed E-state index contributed by atoms with van der Waals surface area (Å²) in [5.41, 5.74) is 1.01. The largest absolute Gasteiger partial charge is 0.364 e. The number of piperidine rings is 1. The van der Waals surface area contributed by atoms with Gasteiger partial charge in [-0.2, -0.15) is 0 Å². The second-order valence-electron chi connectivity index (χ2n) is 8.05. The molecule has 1 aromatic rings. The van der Waals surface area contributed by atoms with Crippen LogP contribution >= 0.6 is 0 Å². The highest BCUT2D eigenvalue weighted by atomic mass is 16.5. The highest BCUT2D eigenvalue weighted by molar-refractivity contribution is 5.80. The molecule has 7 heteroatoms. The average Bonchev–Trinajstić information content (AvgIpc) is 3.19. The summed E-state index contributed by atoms with van der Waals surface area (Å²) < 4.78 is 4.94. The summed E-state index contributed by atoms with van der Waals surface area (Å²) in [5.74, 6) is 1.77. The second kappa shape index (κ2) is 10.1. The van der Waals surface area contributed by atoms with Crippen LogP contribution in [0.4, 0.5) is 0 Å². The third kappa shape index (κ3) is 5.94. The number of rotatable bonds is 6. The lowest BCUT2D eigenvalue weighted by Gasteiger charge is -2.37. The lowest BCUT2D eigenvalue weighted by Crippen LogP contribution is -2.52. The minimum Gasteiger partial charge on any atom is -0.364 e. The average molecular weight is 377 g/mol. The number of aliphatic imine (C=N–C) groups is 1. The fourth-order valence-corrected chi connectivity index (χ4v) is 4.02. The van der Waals surface area contributed by atoms with E-state index in [9.17, 15) is 0 Å². The van der Waals surface area contributed by atoms with Crippen molar-refractivity contribution in [1.82, 2.24) is 25.2 Å². The maximum Gasteiger partial charge on any atom is 0.194 e. The van der Waals surface area contributed by atoms with Crippen molar-refractivity contribution in [2.45, 2.75) is 46.2 Å². The summed E-state index contributed by atoms with van der Waals surface area (Å²) in [6.07, 6.45) is 4.25. The van der Waals surface area contributed by atoms with Gasteiger partial charge in [0.15, 0.2) is 5.96 Å². The van der Waals surface area contributed by atoms with Crippen LogP contribution in [0.25, 0.3) is 0 Å². The molecule has 27 heavy (non-hydrogen) atoms. The number of aromatic nitrogens is 1. The minimum absolute atomic E-state index is 0.641. The van der Waals surface area contributed by atoms with Crippen molar-refractivity contribution < 1.29 is 4.52 Å². The van der Waals surface area contributed by atoms with E-state index in [1.165, 1.54) is 25.9 Å². The highest BCUT2D eigenvalue weighted by Gasteiger charge is 2.23. The van der Waals surface area contributed by atoms with Gasteiger partial charge in [0.05, 0.1) is 5.69 Å². The Hall–Kier alpha value is -1.60. The molecule has 1 aromatic heterocycles. The van der Waals surface area contributed by atoms with Crippen LogP contribution in [0.5, 0.6) is 0 Å². The van der Waals surface area contributed by atoms with Crippen molar-refractivity contribution in [3.8, 4) is 0 Å². The number of hydrogen-bond donors (Lipinski definition) is 1. The molecular weight excluding hydrogens is 340 g/mol. The molecule has 0 radical (unpaired) electrons. The van der Waals surface area contributed by atoms with Crippen LogP contribution in [0, 0.1) is 5.92 Å². The Morgan fingerprint density at radius 3 is 2.78 bits per heavy atom. The van der Waals surface area contributed by atoms with E-state index >= 15 is 0 Å². The van der Waals surface area contributed by atoms with Gasteiger partial charge >= 0.3 is 0 Å². The Labute approximate surface area is 163 Å². The molecule has 0 amide bonds. The predicted octanol–water partition coefficient (Wildman–Crippen LogP) is 1.88. The maximum absolute atomic E-state index is 5.01. The molecule has 1 N–H and O–H groups in total. The summed E-state index contributed by atoms with van der Waals surface area (Å²) in [6.45, 7) is 16.0. The first-order valence-corrected chi connectivity index (χ1v) is 10.5. The molecule has 0 aliphatic carbocycles. The molecule has 0 bridgehead atoms. The molecular formula is C20H36N6O. The Morgan fingerprint density at radius 2 is 2.11 bits per heavy atom. The summed E-state index contributed by atoms with van der Waals surface area (Å²) >= 11 is 0. The first-order valence-electron chi connectivity index (χ1n) is 10.5. The quantitative estimate of drug-likeness (QED) is 0.604. The van der Waals surface area contributed by atoms with Gasteiger partial charge < -0.3 is 19.6 Å². The monoisotopic (exact) mass is 376 g/mol. The molecule has 1 unspecified atom stereocenters. The topological polar surface area (TPSA) is 60.1 Å². The third-order valence-electron chi connectivity index (χ3n) is 5.66. The zero-order valence-electron chi connectivity index (χ0n) is 17.2. The van der Waals surface area contributed by atoms with E-state index in [4.69, 9.17) is 9.52 Å². The Balaban J connectivity index is 1.50. The SMILES string of the molecule is CCNC(=NCC1CCCN(C(C)C)C1)N1CCN(Cc2ccon2)CC1. The number of nitrogens with one attached hydrogen (secondary N) is 1. The molecule has 0 saturated carbocycles. The van der Waals surface area contributed by atoms with E-state index in [1.807, 2.05) is 6.07 Å². The van der Waals surface area contributed by atoms with E-state index in [1.54, 1.807) is 6.26 Å². The second-order valence-corrected chi connectivity index (χ2v) is 8.05. The number of nitrogens with zero attached hydrogens (tertiary/aromatic N) is 5. The summed E-state index contributed by atoms with van der Waals surface area (Å²) in [4.78, 5) is 12.4. The molecule has 0 spiro atoms. The van der Waals surface area contributed by atoms with Crippen LogP contribution in [0.3, 0.4) is 0 Å². The molecule has 3 heterocycles. The highest BCUT2D eigenvalue weighted by Crippen LogP contribution is 2.19. The smallest absolute Gasteiger partial charge is 0.194 e. The molecule has 1 atom stereocenters. The first-order chi connectivity index (χ1) is 13.2. The zero-order valence-corrected chi connectivity index (χ0v) is 17.2. The van der Waals surface area contributed by atoms with Gasteiger partial charge in [-0.25, -0.2) is 0 Å². The molecule has 0 aromatic carbocycles. The summed E-state index contributed by atoms with van der Waals surface area (Å²) in [7, 11) is 0. The normalized spacial score (nSPS) is 23.2. The van der Waals surface area contributed by atoms with Crippen LogP contribution in [0.15, 0.2) is 21.8 Å². The van der Waals surface area contributed by atoms with Gasteiger partial charge in [-0.05, 0) is 46.1 Å². The van der Waals surface area contributed by atoms with Crippen molar-refractivity contribution in [1.29, 1.82) is 0 Å². The van der Waals surface area contributed by atoms with E-state index in [2.05, 4.69) is 45.9 Å². The van der Waals surface area contributed by atoms with Gasteiger partial charge in [-0.15, -0.1) is 0 Å². The maximum atomic E-state index is 5.01. The summed E-state index contributed by atoms with van der Waals surface area (Å²) in [6, 6.07) is 2.59. The first kappa shape index (κ1) is 20.1. The van der Waals surface area contributed by atoms with E-state index in [0.29, 0.717) is 12.0 Å². The van der Waals surface area contributed by atoms with Gasteiger partial charge in [-0.3, -0.25) is 9.89 Å². The predicted molar refractivity (Wildman–Crippen MR) is 109 cm³/mol. The molecule has 2 fully saturated rings. The molecule has 3 rings (SSSR count). The number of likely N-dealkylation sites (tertiary alicyclic amines) is 1. The van der Waals surface area contributed by atoms with Crippen molar-refractivity contribution >= 4 is 5.96 Å². The van der Waals surface area contributed by atoms with Gasteiger partial charge in [-0.1, -0.05) is 5.16 Å². The third-order valence-corrected chi connectivity index (χ3v) is 5.66. The Bertz CT molecular complexity index is 565. The van der Waals surface area contributed by atoms with Gasteiger partial charge in [0.1, 0.15) is 6.26 Å². The van der Waals surface area contributed by atoms with Crippen molar-refractivity contribution in [2.24, 2.45) is 10.9 Å². The zero-order chi connectivity index (χ0) is 19.1. The molecule has 2 aliphatic heterocycles. The number of guanidine groups is 1. The van der Waals surface area contributed by atoms with Crippen molar-refractivity contribution in [2.75, 3.05) is 52.4 Å². The standard InChI is InChI=1S/C20H36N6O/c1-4-21-20(22-14-18-6-5-8-26(15-18)17(2)3)25-11-9-24(10-12-25)16-19-7-13-27-23-19/h7,13,17-18H,4-6,8-12,14-16H2,1-3H3,(H,21,22). The van der Waals surface area contributed by atoms with Crippen LogP contribution in [0.2, 0.25) is 0 Å². The van der Waals surface area contributed by atoms with E-state index in [0.717, 1.165) is 57.5 Å². The van der Waals surface area contributed by atoms with Crippen LogP contribution in [-0.4, -0.2) is 84.2 Å². The van der Waals surface area contributed by atoms with Gasteiger partial charge in [0.25, 0.3) is 0 Å². The van der Waals surface area contributed by atoms with Crippen LogP contribution in [0.1, 0.15) is 39.3 Å². The van der Waals surface area contributed by atoms with E-state index in [-0.39, 0.29) is 0 Å². The van der Waals surface area contributed by atoms with Gasteiger partial charge in [0.2, 0.25) is 0 Å². The fourth-order valence-electron chi connectivity index (χ4n) is 4.02. The van der Waals surface area contributed by atoms with Gasteiger partial charge in [0, 0.05) is 64.5 Å². The van der Waals surface area contributed by atoms with Crippen LogP contribution in [-0.2, 0) is 6.54 Å². The number of piperazine rings is 1. The molecule has 152 valence electrons. The van der Waals surface area contributed by atoms with Crippen molar-refractivity contribution in [3.05, 3.63) is 18.0 Å². The van der Waals surface area contributed by atoms with Crippen molar-refractivity contribution in [3.63, 3.8) is 0 Å². The lowest BCUT2D eigenvalue weighted by atomic mass is 9.97. The molecule has 2 aliphatic rings. The molecule has 2 saturated heterocycles. The fraction of sp³-hybridized carbons (Fsp3) is 0.800. The minimum atomic E-state index is 0.641. The van der Waals surface area contributed by atoms with Crippen LogP contribution < -0.4 is 5.32 Å².